The third kappa shape index (κ3) is 5.63. The summed E-state index contributed by atoms with van der Waals surface area (Å²) in [5.41, 5.74) is 13.4. The molecule has 0 spiro atoms. The average molecular weight is 715 g/mol. The summed E-state index contributed by atoms with van der Waals surface area (Å²) in [5, 5.41) is 6.46. The Morgan fingerprint density at radius 3 is 1.78 bits per heavy atom. The molecular weight excluding hydrogens is 669 g/mol. The van der Waals surface area contributed by atoms with Crippen molar-refractivity contribution < 1.29 is 0 Å². The van der Waals surface area contributed by atoms with Crippen LogP contribution in [0.25, 0.3) is 32.7 Å². The Hall–Kier alpha value is -5.90. The number of rotatable bonds is 7. The van der Waals surface area contributed by atoms with E-state index in [2.05, 4.69) is 220 Å². The molecule has 2 nitrogen and oxygen atoms in total. The predicted octanol–water partition coefficient (Wildman–Crippen LogP) is 14.1. The first kappa shape index (κ1) is 33.9. The Morgan fingerprint density at radius 2 is 1.04 bits per heavy atom. The van der Waals surface area contributed by atoms with Crippen LogP contribution in [-0.2, 0) is 5.41 Å². The maximum absolute atomic E-state index is 2.49. The van der Waals surface area contributed by atoms with Crippen molar-refractivity contribution in [2.45, 2.75) is 45.8 Å². The molecule has 0 atom stereocenters. The van der Waals surface area contributed by atoms with Crippen molar-refractivity contribution in [2.24, 2.45) is 0 Å². The molecule has 0 fully saturated rings. The van der Waals surface area contributed by atoms with Crippen LogP contribution < -0.4 is 15.0 Å². The van der Waals surface area contributed by atoms with Gasteiger partial charge in [-0.1, -0.05) is 148 Å². The molecule has 1 aliphatic rings. The van der Waals surface area contributed by atoms with Gasteiger partial charge in [0.1, 0.15) is 0 Å². The van der Waals surface area contributed by atoms with Gasteiger partial charge in [-0.2, -0.15) is 0 Å². The maximum Gasteiger partial charge on any atom is 0.0775 e. The topological polar surface area (TPSA) is 6.48 Å². The van der Waals surface area contributed by atoms with Crippen LogP contribution >= 0.6 is 0 Å². The molecule has 0 N–H and O–H groups in total. The van der Waals surface area contributed by atoms with E-state index in [1.165, 1.54) is 77.3 Å². The summed E-state index contributed by atoms with van der Waals surface area (Å²) in [5.74, 6) is 0. The van der Waals surface area contributed by atoms with E-state index in [0.29, 0.717) is 0 Å². The van der Waals surface area contributed by atoms with Crippen molar-refractivity contribution in [2.75, 3.05) is 9.80 Å². The largest absolute Gasteiger partial charge is 0.310 e. The number of anilines is 6. The minimum atomic E-state index is -1.44. The minimum Gasteiger partial charge on any atom is -0.310 e. The predicted molar refractivity (Wildman–Crippen MR) is 236 cm³/mol. The van der Waals surface area contributed by atoms with E-state index in [9.17, 15) is 0 Å². The monoisotopic (exact) mass is 714 g/mol. The van der Waals surface area contributed by atoms with Gasteiger partial charge in [-0.05, 0) is 106 Å². The third-order valence-electron chi connectivity index (χ3n) is 11.4. The minimum absolute atomic E-state index is 0.249. The second kappa shape index (κ2) is 12.9. The molecule has 1 aliphatic carbocycles. The number of nitrogens with zero attached hydrogens (tertiary/aromatic N) is 2. The van der Waals surface area contributed by atoms with Crippen molar-refractivity contribution in [3.63, 3.8) is 0 Å². The molecule has 8 aromatic carbocycles. The highest BCUT2D eigenvalue weighted by molar-refractivity contribution is 6.88. The first-order valence-corrected chi connectivity index (χ1v) is 22.6. The fraction of sp³-hybridized carbons (Fsp3) is 0.137. The molecule has 3 heteroatoms. The van der Waals surface area contributed by atoms with Gasteiger partial charge in [-0.3, -0.25) is 0 Å². The van der Waals surface area contributed by atoms with Crippen molar-refractivity contribution in [3.05, 3.63) is 187 Å². The molecule has 0 unspecified atom stereocenters. The standard InChI is InChI=1S/C51H46N2Si/c1-35-16-14-21-39(32-35)53(48-25-15-18-36-17-10-11-22-42(36)48)49-34-47-50(44-24-13-12-23-43(44)49)45-31-28-40(33-46(45)51(47,2)3)52(37-19-8-7-9-20-37)38-26-29-41(30-27-38)54(4,5)6/h7-34H,1-6H3. The normalized spacial score (nSPS) is 13.1. The molecule has 0 radical (unpaired) electrons. The van der Waals surface area contributed by atoms with E-state index >= 15 is 0 Å². The molecule has 0 amide bonds. The maximum atomic E-state index is 2.49. The Bertz CT molecular complexity index is 2680. The number of aryl methyl sites for hydroxylation is 1. The quantitative estimate of drug-likeness (QED) is 0.152. The van der Waals surface area contributed by atoms with Gasteiger partial charge in [-0.25, -0.2) is 0 Å². The van der Waals surface area contributed by atoms with E-state index in [-0.39, 0.29) is 5.41 Å². The van der Waals surface area contributed by atoms with Crippen LogP contribution in [0.3, 0.4) is 0 Å². The highest BCUT2D eigenvalue weighted by Gasteiger charge is 2.38. The summed E-state index contributed by atoms with van der Waals surface area (Å²) in [6.45, 7) is 14.2. The van der Waals surface area contributed by atoms with Gasteiger partial charge in [-0.15, -0.1) is 0 Å². The molecule has 8 aromatic rings. The Labute approximate surface area is 321 Å². The highest BCUT2D eigenvalue weighted by Crippen LogP contribution is 2.56. The summed E-state index contributed by atoms with van der Waals surface area (Å²) < 4.78 is 0. The van der Waals surface area contributed by atoms with Crippen LogP contribution in [0, 0.1) is 6.92 Å². The SMILES string of the molecule is Cc1cccc(N(c2cccc3ccccc23)c2cc3c(c4ccccc24)-c2ccc(N(c4ccccc4)c4ccc([Si](C)(C)C)cc4)cc2C3(C)C)c1. The lowest BCUT2D eigenvalue weighted by molar-refractivity contribution is 0.661. The molecule has 54 heavy (non-hydrogen) atoms. The van der Waals surface area contributed by atoms with Crippen molar-refractivity contribution in [3.8, 4) is 11.1 Å². The van der Waals surface area contributed by atoms with Gasteiger partial charge in [0.25, 0.3) is 0 Å². The van der Waals surface area contributed by atoms with E-state index in [4.69, 9.17) is 0 Å². The molecule has 0 heterocycles. The lowest BCUT2D eigenvalue weighted by Crippen LogP contribution is -2.37. The molecule has 0 aromatic heterocycles. The highest BCUT2D eigenvalue weighted by atomic mass is 28.3. The average Bonchev–Trinajstić information content (AvgIpc) is 3.41. The number of hydrogen-bond donors (Lipinski definition) is 0. The van der Waals surface area contributed by atoms with Gasteiger partial charge < -0.3 is 9.80 Å². The van der Waals surface area contributed by atoms with Gasteiger partial charge >= 0.3 is 0 Å². The van der Waals surface area contributed by atoms with E-state index in [1.54, 1.807) is 0 Å². The zero-order valence-corrected chi connectivity index (χ0v) is 33.1. The van der Waals surface area contributed by atoms with Crippen LogP contribution in [0.2, 0.25) is 19.6 Å². The number of benzene rings is 8. The Kier molecular flexibility index (Phi) is 8.10. The zero-order valence-electron chi connectivity index (χ0n) is 32.1. The summed E-state index contributed by atoms with van der Waals surface area (Å²) in [4.78, 5) is 4.90. The van der Waals surface area contributed by atoms with Crippen LogP contribution in [0.15, 0.2) is 170 Å². The van der Waals surface area contributed by atoms with Gasteiger partial charge in [0, 0.05) is 38.9 Å². The molecular formula is C51H46N2Si. The second-order valence-corrected chi connectivity index (χ2v) is 21.4. The molecule has 264 valence electrons. The lowest BCUT2D eigenvalue weighted by atomic mass is 9.81. The number of fused-ring (bicyclic) bond motifs is 6. The van der Waals surface area contributed by atoms with Crippen LogP contribution in [0.1, 0.15) is 30.5 Å². The smallest absolute Gasteiger partial charge is 0.0775 e. The third-order valence-corrected chi connectivity index (χ3v) is 13.5. The zero-order chi connectivity index (χ0) is 37.2. The number of para-hydroxylation sites is 1. The van der Waals surface area contributed by atoms with E-state index in [1.807, 2.05) is 0 Å². The molecule has 9 rings (SSSR count). The van der Waals surface area contributed by atoms with E-state index < -0.39 is 8.07 Å². The summed E-state index contributed by atoms with van der Waals surface area (Å²) >= 11 is 0. The number of hydrogen-bond acceptors (Lipinski definition) is 2. The summed E-state index contributed by atoms with van der Waals surface area (Å²) in [7, 11) is -1.44. The Morgan fingerprint density at radius 1 is 0.444 bits per heavy atom. The van der Waals surface area contributed by atoms with Gasteiger partial charge in [0.15, 0.2) is 0 Å². The molecule has 0 bridgehead atoms. The first-order chi connectivity index (χ1) is 26.1. The van der Waals surface area contributed by atoms with Gasteiger partial charge in [0.05, 0.1) is 19.4 Å². The summed E-state index contributed by atoms with van der Waals surface area (Å²) in [6.07, 6.45) is 0. The molecule has 0 aliphatic heterocycles. The van der Waals surface area contributed by atoms with Crippen LogP contribution in [0.4, 0.5) is 34.1 Å². The molecule has 0 saturated heterocycles. The van der Waals surface area contributed by atoms with Crippen LogP contribution in [-0.4, -0.2) is 8.07 Å². The van der Waals surface area contributed by atoms with Crippen molar-refractivity contribution in [1.29, 1.82) is 0 Å². The van der Waals surface area contributed by atoms with Crippen molar-refractivity contribution in [1.82, 2.24) is 0 Å². The summed E-state index contributed by atoms with van der Waals surface area (Å²) in [6, 6.07) is 63.1. The lowest BCUT2D eigenvalue weighted by Gasteiger charge is -2.31. The second-order valence-electron chi connectivity index (χ2n) is 16.4. The van der Waals surface area contributed by atoms with Gasteiger partial charge in [0.2, 0.25) is 0 Å². The first-order valence-electron chi connectivity index (χ1n) is 19.1. The van der Waals surface area contributed by atoms with Crippen molar-refractivity contribution >= 4 is 68.9 Å². The molecule has 0 saturated carbocycles. The Balaban J connectivity index is 1.25. The van der Waals surface area contributed by atoms with Crippen LogP contribution in [0.5, 0.6) is 0 Å². The van der Waals surface area contributed by atoms with E-state index in [0.717, 1.165) is 11.4 Å². The fourth-order valence-corrected chi connectivity index (χ4v) is 9.76. The fourth-order valence-electron chi connectivity index (χ4n) is 8.59.